The van der Waals surface area contributed by atoms with Crippen LogP contribution in [0.3, 0.4) is 0 Å². The molecular formula is C8H5NO2Se. The monoisotopic (exact) mass is 227 g/mol. The first kappa shape index (κ1) is 7.52. The van der Waals surface area contributed by atoms with Crippen molar-refractivity contribution in [3.05, 3.63) is 39.3 Å². The van der Waals surface area contributed by atoms with E-state index in [1.54, 1.807) is 12.1 Å². The van der Waals surface area contributed by atoms with Crippen molar-refractivity contribution < 1.29 is 4.92 Å². The molecule has 2 aromatic rings. The minimum absolute atomic E-state index is 0.152. The fraction of sp³-hybridized carbons (Fsp3) is 0. The van der Waals surface area contributed by atoms with E-state index in [-0.39, 0.29) is 25.1 Å². The summed E-state index contributed by atoms with van der Waals surface area (Å²) in [5.41, 5.74) is 0.262. The molecule has 0 bridgehead atoms. The first-order valence-electron chi connectivity index (χ1n) is 3.39. The Morgan fingerprint density at radius 3 is 2.92 bits per heavy atom. The van der Waals surface area contributed by atoms with Crippen LogP contribution >= 0.6 is 0 Å². The summed E-state index contributed by atoms with van der Waals surface area (Å²) in [7, 11) is 0. The molecule has 0 aliphatic rings. The molecule has 0 aliphatic heterocycles. The van der Waals surface area contributed by atoms with E-state index < -0.39 is 0 Å². The summed E-state index contributed by atoms with van der Waals surface area (Å²) in [6.07, 6.45) is 0. The SMILES string of the molecule is O=[N+]([O-])c1cccc2cc[se]c12. The number of hydrogen-bond acceptors (Lipinski definition) is 2. The van der Waals surface area contributed by atoms with Crippen molar-refractivity contribution in [1.29, 1.82) is 0 Å². The third kappa shape index (κ3) is 1.05. The third-order valence-electron chi connectivity index (χ3n) is 1.65. The van der Waals surface area contributed by atoms with Gasteiger partial charge in [0.2, 0.25) is 0 Å². The molecule has 1 heterocycles. The molecule has 1 aromatic heterocycles. The zero-order valence-electron chi connectivity index (χ0n) is 6.06. The predicted octanol–water partition coefficient (Wildman–Crippen LogP) is 1.80. The van der Waals surface area contributed by atoms with Gasteiger partial charge in [0.05, 0.1) is 0 Å². The number of fused-ring (bicyclic) bond motifs is 1. The number of hydrogen-bond donors (Lipinski definition) is 0. The van der Waals surface area contributed by atoms with E-state index in [2.05, 4.69) is 0 Å². The number of nitrogens with zero attached hydrogens (tertiary/aromatic N) is 1. The van der Waals surface area contributed by atoms with E-state index >= 15 is 0 Å². The van der Waals surface area contributed by atoms with Gasteiger partial charge in [-0.3, -0.25) is 0 Å². The fourth-order valence-electron chi connectivity index (χ4n) is 1.12. The molecule has 2 rings (SSSR count). The molecule has 0 radical (unpaired) electrons. The molecule has 0 aliphatic carbocycles. The van der Waals surface area contributed by atoms with E-state index in [1.807, 2.05) is 17.1 Å². The second kappa shape index (κ2) is 2.73. The van der Waals surface area contributed by atoms with Crippen molar-refractivity contribution in [1.82, 2.24) is 0 Å². The standard InChI is InChI=1S/C8H5NO2Se/c10-9(11)7-3-1-2-6-4-5-12-8(6)7/h1-5H. The molecule has 0 spiro atoms. The molecule has 12 heavy (non-hydrogen) atoms. The van der Waals surface area contributed by atoms with Gasteiger partial charge >= 0.3 is 74.1 Å². The number of nitro benzene ring substituents is 1. The predicted molar refractivity (Wildman–Crippen MR) is 47.5 cm³/mol. The van der Waals surface area contributed by atoms with Gasteiger partial charge in [-0.1, -0.05) is 0 Å². The van der Waals surface area contributed by atoms with Crippen molar-refractivity contribution in [3.8, 4) is 0 Å². The molecule has 0 fully saturated rings. The maximum atomic E-state index is 10.5. The minimum atomic E-state index is -0.312. The van der Waals surface area contributed by atoms with Gasteiger partial charge in [0.1, 0.15) is 0 Å². The van der Waals surface area contributed by atoms with Gasteiger partial charge in [-0.25, -0.2) is 0 Å². The zero-order chi connectivity index (χ0) is 8.55. The van der Waals surface area contributed by atoms with Crippen LogP contribution in [0.4, 0.5) is 5.69 Å². The Morgan fingerprint density at radius 1 is 1.33 bits per heavy atom. The van der Waals surface area contributed by atoms with Gasteiger partial charge in [0, 0.05) is 0 Å². The first-order valence-corrected chi connectivity index (χ1v) is 5.24. The topological polar surface area (TPSA) is 43.1 Å². The van der Waals surface area contributed by atoms with Gasteiger partial charge in [-0.2, -0.15) is 0 Å². The Bertz CT molecular complexity index is 435. The summed E-state index contributed by atoms with van der Waals surface area (Å²) in [6, 6.07) is 7.15. The van der Waals surface area contributed by atoms with Crippen molar-refractivity contribution >= 4 is 29.8 Å². The normalized spacial score (nSPS) is 10.3. The number of rotatable bonds is 1. The summed E-state index contributed by atoms with van der Waals surface area (Å²) in [4.78, 5) is 12.2. The van der Waals surface area contributed by atoms with E-state index in [0.29, 0.717) is 0 Å². The summed E-state index contributed by atoms with van der Waals surface area (Å²) in [6.45, 7) is 0. The van der Waals surface area contributed by atoms with Crippen LogP contribution in [0.25, 0.3) is 9.65 Å². The van der Waals surface area contributed by atoms with Gasteiger partial charge < -0.3 is 0 Å². The van der Waals surface area contributed by atoms with Crippen molar-refractivity contribution in [2.45, 2.75) is 0 Å². The molecule has 1 aromatic carbocycles. The van der Waals surface area contributed by atoms with Crippen molar-refractivity contribution in [3.63, 3.8) is 0 Å². The summed E-state index contributed by atoms with van der Waals surface area (Å²) >= 11 is 0.152. The van der Waals surface area contributed by atoms with Gasteiger partial charge in [0.25, 0.3) is 0 Å². The van der Waals surface area contributed by atoms with Crippen LogP contribution in [-0.4, -0.2) is 19.4 Å². The molecule has 0 saturated carbocycles. The molecule has 60 valence electrons. The van der Waals surface area contributed by atoms with Crippen LogP contribution in [0.15, 0.2) is 29.2 Å². The molecule has 4 heteroatoms. The quantitative estimate of drug-likeness (QED) is 0.422. The molecule has 0 saturated heterocycles. The Labute approximate surface area is 74.5 Å². The van der Waals surface area contributed by atoms with Crippen LogP contribution in [0.2, 0.25) is 0 Å². The van der Waals surface area contributed by atoms with Crippen LogP contribution in [0.5, 0.6) is 0 Å². The second-order valence-corrected chi connectivity index (χ2v) is 4.30. The van der Waals surface area contributed by atoms with Crippen LogP contribution in [0.1, 0.15) is 0 Å². The first-order chi connectivity index (χ1) is 5.79. The molecular weight excluding hydrogens is 221 g/mol. The van der Waals surface area contributed by atoms with Crippen LogP contribution < -0.4 is 0 Å². The summed E-state index contributed by atoms with van der Waals surface area (Å²) in [5.74, 6) is 0. The Kier molecular flexibility index (Phi) is 1.71. The second-order valence-electron chi connectivity index (χ2n) is 2.37. The average molecular weight is 226 g/mol. The van der Waals surface area contributed by atoms with Gasteiger partial charge in [0.15, 0.2) is 0 Å². The molecule has 0 unspecified atom stereocenters. The Morgan fingerprint density at radius 2 is 2.17 bits per heavy atom. The number of nitro groups is 1. The van der Waals surface area contributed by atoms with Crippen LogP contribution in [0, 0.1) is 10.1 Å². The van der Waals surface area contributed by atoms with Crippen LogP contribution in [-0.2, 0) is 0 Å². The number of non-ortho nitro benzene ring substituents is 1. The Hall–Kier alpha value is -1.12. The number of benzene rings is 1. The molecule has 3 nitrogen and oxygen atoms in total. The summed E-state index contributed by atoms with van der Waals surface area (Å²) in [5, 5.41) is 11.6. The molecule has 0 N–H and O–H groups in total. The van der Waals surface area contributed by atoms with Crippen molar-refractivity contribution in [2.75, 3.05) is 0 Å². The van der Waals surface area contributed by atoms with Crippen molar-refractivity contribution in [2.24, 2.45) is 0 Å². The van der Waals surface area contributed by atoms with E-state index in [0.717, 1.165) is 9.65 Å². The van der Waals surface area contributed by atoms with E-state index in [9.17, 15) is 10.1 Å². The van der Waals surface area contributed by atoms with Gasteiger partial charge in [-0.15, -0.1) is 0 Å². The molecule has 0 amide bonds. The Balaban J connectivity index is 2.82. The average Bonchev–Trinajstić information content (AvgIpc) is 2.49. The zero-order valence-corrected chi connectivity index (χ0v) is 7.77. The fourth-order valence-corrected chi connectivity index (χ4v) is 2.98. The van der Waals surface area contributed by atoms with Gasteiger partial charge in [-0.05, 0) is 0 Å². The van der Waals surface area contributed by atoms with E-state index in [4.69, 9.17) is 0 Å². The maximum absolute atomic E-state index is 10.5. The van der Waals surface area contributed by atoms with E-state index in [1.165, 1.54) is 0 Å². The third-order valence-corrected chi connectivity index (χ3v) is 3.65. The summed E-state index contributed by atoms with van der Waals surface area (Å²) < 4.78 is 0.898. The molecule has 0 atom stereocenters.